The lowest BCUT2D eigenvalue weighted by Crippen LogP contribution is -2.23. The molecule has 0 radical (unpaired) electrons. The summed E-state index contributed by atoms with van der Waals surface area (Å²) in [6, 6.07) is 24.6. The number of nitriles is 1. The number of hydrogen-bond donors (Lipinski definition) is 1. The quantitative estimate of drug-likeness (QED) is 0.386. The summed E-state index contributed by atoms with van der Waals surface area (Å²) >= 11 is 0. The molecule has 5 heteroatoms. The number of hydrogen-bond acceptors (Lipinski definition) is 3. The lowest BCUT2D eigenvalue weighted by Gasteiger charge is -2.16. The van der Waals surface area contributed by atoms with Crippen LogP contribution in [0.25, 0.3) is 16.9 Å². The fraction of sp³-hybridized carbons (Fsp3) is 0.214. The highest BCUT2D eigenvalue weighted by Gasteiger charge is 2.15. The van der Waals surface area contributed by atoms with Crippen LogP contribution in [0.15, 0.2) is 77.4 Å². The second-order valence-corrected chi connectivity index (χ2v) is 8.22. The van der Waals surface area contributed by atoms with Crippen molar-refractivity contribution in [2.45, 2.75) is 39.7 Å². The molecule has 4 aromatic rings. The molecule has 33 heavy (non-hydrogen) atoms. The molecule has 166 valence electrons. The molecule has 0 aliphatic rings. The highest BCUT2D eigenvalue weighted by molar-refractivity contribution is 5.76. The number of carbonyl (C=O) groups is 1. The Balaban J connectivity index is 1.61. The Morgan fingerprint density at radius 2 is 1.88 bits per heavy atom. The molecule has 5 nitrogen and oxygen atoms in total. The Labute approximate surface area is 194 Å². The van der Waals surface area contributed by atoms with Gasteiger partial charge in [-0.1, -0.05) is 35.9 Å². The molecule has 4 rings (SSSR count). The molecule has 0 aliphatic heterocycles. The number of benzene rings is 2. The Morgan fingerprint density at radius 3 is 2.58 bits per heavy atom. The standard InChI is InChI=1S/C28H27N3O2/c1-20-5-12-26(21(2)18-20)27-13-10-24(11-14-28(32)30-19-25-4-3-17-33-25)31(27)23-8-6-22(7-9-23)15-16-29/h3-10,12-13,17-18H,11,14-15,19H2,1-2H3,(H,30,32). The lowest BCUT2D eigenvalue weighted by atomic mass is 10.0. The number of nitrogens with one attached hydrogen (secondary N) is 1. The average molecular weight is 438 g/mol. The van der Waals surface area contributed by atoms with Gasteiger partial charge in [-0.05, 0) is 67.8 Å². The first-order valence-electron chi connectivity index (χ1n) is 11.1. The van der Waals surface area contributed by atoms with Crippen molar-refractivity contribution in [1.29, 1.82) is 5.26 Å². The summed E-state index contributed by atoms with van der Waals surface area (Å²) in [5, 5.41) is 11.9. The van der Waals surface area contributed by atoms with Crippen LogP contribution in [0.4, 0.5) is 0 Å². The SMILES string of the molecule is Cc1ccc(-c2ccc(CCC(=O)NCc3ccco3)n2-c2ccc(CC#N)cc2)c(C)c1. The maximum atomic E-state index is 12.5. The van der Waals surface area contributed by atoms with Crippen LogP contribution in [0.5, 0.6) is 0 Å². The molecule has 0 fully saturated rings. The minimum atomic E-state index is -0.0171. The average Bonchev–Trinajstić information content (AvgIpc) is 3.47. The third-order valence-corrected chi connectivity index (χ3v) is 5.75. The van der Waals surface area contributed by atoms with E-state index in [1.54, 1.807) is 6.26 Å². The Bertz CT molecular complexity index is 1280. The van der Waals surface area contributed by atoms with Gasteiger partial charge in [0, 0.05) is 23.4 Å². The number of aromatic nitrogens is 1. The fourth-order valence-corrected chi connectivity index (χ4v) is 4.07. The first kappa shape index (κ1) is 22.2. The van der Waals surface area contributed by atoms with Crippen molar-refractivity contribution in [2.75, 3.05) is 0 Å². The van der Waals surface area contributed by atoms with Gasteiger partial charge >= 0.3 is 0 Å². The minimum Gasteiger partial charge on any atom is -0.467 e. The molecule has 2 aromatic heterocycles. The predicted octanol–water partition coefficient (Wildman–Crippen LogP) is 5.67. The lowest BCUT2D eigenvalue weighted by molar-refractivity contribution is -0.121. The number of amides is 1. The molecule has 0 spiro atoms. The number of nitrogens with zero attached hydrogens (tertiary/aromatic N) is 2. The summed E-state index contributed by atoms with van der Waals surface area (Å²) in [4.78, 5) is 12.5. The van der Waals surface area contributed by atoms with Crippen LogP contribution in [-0.4, -0.2) is 10.5 Å². The van der Waals surface area contributed by atoms with E-state index in [1.165, 1.54) is 11.1 Å². The normalized spacial score (nSPS) is 10.7. The van der Waals surface area contributed by atoms with Crippen LogP contribution < -0.4 is 5.32 Å². The van der Waals surface area contributed by atoms with Crippen molar-refractivity contribution in [3.8, 4) is 23.0 Å². The predicted molar refractivity (Wildman–Crippen MR) is 129 cm³/mol. The molecule has 0 atom stereocenters. The van der Waals surface area contributed by atoms with Crippen LogP contribution in [0.2, 0.25) is 0 Å². The van der Waals surface area contributed by atoms with E-state index in [9.17, 15) is 4.79 Å². The van der Waals surface area contributed by atoms with E-state index in [4.69, 9.17) is 9.68 Å². The van der Waals surface area contributed by atoms with Gasteiger partial charge in [0.2, 0.25) is 5.91 Å². The Hall–Kier alpha value is -4.04. The van der Waals surface area contributed by atoms with E-state index in [1.807, 2.05) is 36.4 Å². The van der Waals surface area contributed by atoms with Crippen LogP contribution in [0.3, 0.4) is 0 Å². The van der Waals surface area contributed by atoms with E-state index >= 15 is 0 Å². The zero-order valence-corrected chi connectivity index (χ0v) is 19.0. The van der Waals surface area contributed by atoms with Crippen molar-refractivity contribution in [3.05, 3.63) is 101 Å². The Morgan fingerprint density at radius 1 is 1.06 bits per heavy atom. The smallest absolute Gasteiger partial charge is 0.220 e. The zero-order valence-electron chi connectivity index (χ0n) is 19.0. The third kappa shape index (κ3) is 5.24. The first-order chi connectivity index (χ1) is 16.0. The summed E-state index contributed by atoms with van der Waals surface area (Å²) in [5.74, 6) is 0.720. The van der Waals surface area contributed by atoms with Crippen molar-refractivity contribution >= 4 is 5.91 Å². The number of furan rings is 1. The van der Waals surface area contributed by atoms with Crippen molar-refractivity contribution in [1.82, 2.24) is 9.88 Å². The van der Waals surface area contributed by atoms with Gasteiger partial charge in [-0.25, -0.2) is 0 Å². The molecule has 0 aliphatic carbocycles. The molecule has 0 unspecified atom stereocenters. The highest BCUT2D eigenvalue weighted by atomic mass is 16.3. The summed E-state index contributed by atoms with van der Waals surface area (Å²) in [6.07, 6.45) is 2.97. The molecular formula is C28H27N3O2. The molecule has 0 bridgehead atoms. The van der Waals surface area contributed by atoms with E-state index in [2.05, 4.69) is 60.1 Å². The van der Waals surface area contributed by atoms with E-state index < -0.39 is 0 Å². The molecule has 2 heterocycles. The minimum absolute atomic E-state index is 0.0171. The number of aryl methyl sites for hydroxylation is 3. The number of rotatable bonds is 8. The van der Waals surface area contributed by atoms with Gasteiger partial charge in [-0.3, -0.25) is 4.79 Å². The Kier molecular flexibility index (Phi) is 6.75. The molecule has 0 saturated heterocycles. The summed E-state index contributed by atoms with van der Waals surface area (Å²) in [7, 11) is 0. The first-order valence-corrected chi connectivity index (χ1v) is 11.1. The fourth-order valence-electron chi connectivity index (χ4n) is 4.07. The van der Waals surface area contributed by atoms with Gasteiger partial charge in [0.1, 0.15) is 5.76 Å². The van der Waals surface area contributed by atoms with Gasteiger partial charge < -0.3 is 14.3 Å². The molecule has 0 saturated carbocycles. The second kappa shape index (κ2) is 10.1. The summed E-state index contributed by atoms with van der Waals surface area (Å²) in [6.45, 7) is 4.61. The molecule has 1 amide bonds. The van der Waals surface area contributed by atoms with Crippen molar-refractivity contribution < 1.29 is 9.21 Å². The van der Waals surface area contributed by atoms with Gasteiger partial charge in [0.05, 0.1) is 31.0 Å². The topological polar surface area (TPSA) is 71.0 Å². The monoisotopic (exact) mass is 437 g/mol. The van der Waals surface area contributed by atoms with Crippen LogP contribution in [0, 0.1) is 25.2 Å². The van der Waals surface area contributed by atoms with Crippen LogP contribution in [-0.2, 0) is 24.2 Å². The molecule has 2 aromatic carbocycles. The van der Waals surface area contributed by atoms with E-state index in [-0.39, 0.29) is 5.91 Å². The largest absolute Gasteiger partial charge is 0.467 e. The maximum absolute atomic E-state index is 12.5. The highest BCUT2D eigenvalue weighted by Crippen LogP contribution is 2.30. The van der Waals surface area contributed by atoms with Crippen LogP contribution >= 0.6 is 0 Å². The van der Waals surface area contributed by atoms with Gasteiger partial charge in [-0.15, -0.1) is 0 Å². The van der Waals surface area contributed by atoms with Gasteiger partial charge in [-0.2, -0.15) is 5.26 Å². The molecule has 1 N–H and O–H groups in total. The summed E-state index contributed by atoms with van der Waals surface area (Å²) < 4.78 is 7.50. The van der Waals surface area contributed by atoms with Crippen molar-refractivity contribution in [2.24, 2.45) is 0 Å². The van der Waals surface area contributed by atoms with Crippen molar-refractivity contribution in [3.63, 3.8) is 0 Å². The molecular weight excluding hydrogens is 410 g/mol. The third-order valence-electron chi connectivity index (χ3n) is 5.75. The van der Waals surface area contributed by atoms with E-state index in [0.29, 0.717) is 25.8 Å². The van der Waals surface area contributed by atoms with E-state index in [0.717, 1.165) is 34.0 Å². The van der Waals surface area contributed by atoms with Gasteiger partial charge in [0.25, 0.3) is 0 Å². The maximum Gasteiger partial charge on any atom is 0.220 e. The summed E-state index contributed by atoms with van der Waals surface area (Å²) in [5.41, 5.74) is 7.75. The zero-order chi connectivity index (χ0) is 23.2. The van der Waals surface area contributed by atoms with Gasteiger partial charge in [0.15, 0.2) is 0 Å². The number of carbonyl (C=O) groups excluding carboxylic acids is 1. The van der Waals surface area contributed by atoms with Crippen LogP contribution in [0.1, 0.15) is 34.6 Å². The second-order valence-electron chi connectivity index (χ2n) is 8.22.